The van der Waals surface area contributed by atoms with Crippen LogP contribution >= 0.6 is 23.2 Å². The van der Waals surface area contributed by atoms with Crippen LogP contribution < -0.4 is 10.6 Å². The van der Waals surface area contributed by atoms with Gasteiger partial charge in [-0.3, -0.25) is 9.59 Å². The Kier molecular flexibility index (Phi) is 3.52. The highest BCUT2D eigenvalue weighted by atomic mass is 35.5. The first-order valence-corrected chi connectivity index (χ1v) is 8.90. The van der Waals surface area contributed by atoms with E-state index in [1.54, 1.807) is 0 Å². The van der Waals surface area contributed by atoms with Crippen LogP contribution in [-0.4, -0.2) is 28.5 Å². The number of halogens is 2. The van der Waals surface area contributed by atoms with E-state index in [0.29, 0.717) is 25.3 Å². The number of carbonyl (C=O) groups is 2. The van der Waals surface area contributed by atoms with Crippen molar-refractivity contribution in [2.75, 3.05) is 0 Å². The fourth-order valence-corrected chi connectivity index (χ4v) is 4.59. The Bertz CT molecular complexity index is 726. The molecule has 4 fully saturated rings. The van der Waals surface area contributed by atoms with E-state index in [1.807, 2.05) is 0 Å². The highest BCUT2D eigenvalue weighted by Crippen LogP contribution is 2.67. The predicted octanol–water partition coefficient (Wildman–Crippen LogP) is 3.02. The van der Waals surface area contributed by atoms with Gasteiger partial charge in [0.05, 0.1) is 16.0 Å². The largest absolute Gasteiger partial charge is 0.506 e. The highest BCUT2D eigenvalue weighted by Gasteiger charge is 2.72. The molecule has 4 aliphatic rings. The minimum atomic E-state index is -0.412. The normalized spacial score (nSPS) is 30.6. The number of phenols is 1. The Balaban J connectivity index is 1.39. The maximum atomic E-state index is 12.4. The third-order valence-electron chi connectivity index (χ3n) is 5.60. The summed E-state index contributed by atoms with van der Waals surface area (Å²) in [7, 11) is 0. The van der Waals surface area contributed by atoms with E-state index < -0.39 is 5.91 Å². The molecule has 5 nitrogen and oxygen atoms in total. The van der Waals surface area contributed by atoms with Crippen LogP contribution in [0.4, 0.5) is 0 Å². The van der Waals surface area contributed by atoms with Crippen molar-refractivity contribution in [2.45, 2.75) is 50.1 Å². The lowest BCUT2D eigenvalue weighted by atomic mass is 9.39. The number of nitrogens with one attached hydrogen (secondary N) is 2. The van der Waals surface area contributed by atoms with Crippen molar-refractivity contribution < 1.29 is 14.7 Å². The number of hydrogen-bond acceptors (Lipinski definition) is 3. The summed E-state index contributed by atoms with van der Waals surface area (Å²) >= 11 is 11.8. The molecule has 0 atom stereocenters. The van der Waals surface area contributed by atoms with Crippen LogP contribution in [0.2, 0.25) is 10.0 Å². The minimum Gasteiger partial charge on any atom is -0.506 e. The Morgan fingerprint density at radius 1 is 1.17 bits per heavy atom. The van der Waals surface area contributed by atoms with E-state index in [-0.39, 0.29) is 38.2 Å². The van der Waals surface area contributed by atoms with Gasteiger partial charge in [0.2, 0.25) is 5.91 Å². The lowest BCUT2D eigenvalue weighted by Gasteiger charge is -2.69. The maximum absolute atomic E-state index is 12.4. The molecule has 0 aromatic heterocycles. The van der Waals surface area contributed by atoms with Crippen molar-refractivity contribution in [2.24, 2.45) is 5.41 Å². The van der Waals surface area contributed by atoms with Gasteiger partial charge in [-0.05, 0) is 50.7 Å². The second-order valence-corrected chi connectivity index (χ2v) is 8.27. The van der Waals surface area contributed by atoms with Gasteiger partial charge in [-0.2, -0.15) is 0 Å². The van der Waals surface area contributed by atoms with E-state index in [9.17, 15) is 14.7 Å². The molecule has 0 saturated heterocycles. The van der Waals surface area contributed by atoms with Crippen molar-refractivity contribution in [1.82, 2.24) is 10.6 Å². The number of aromatic hydroxyl groups is 1. The molecule has 1 aromatic carbocycles. The fraction of sp³-hybridized carbons (Fsp3) is 0.529. The average Bonchev–Trinajstić information content (AvgIpc) is 2.40. The quantitative estimate of drug-likeness (QED) is 0.764. The highest BCUT2D eigenvalue weighted by molar-refractivity contribution is 6.36. The first kappa shape index (κ1) is 16.0. The molecule has 0 aliphatic heterocycles. The average molecular weight is 369 g/mol. The van der Waals surface area contributed by atoms with Crippen molar-refractivity contribution >= 4 is 35.0 Å². The molecule has 3 N–H and O–H groups in total. The zero-order valence-corrected chi connectivity index (χ0v) is 14.5. The topological polar surface area (TPSA) is 78.4 Å². The summed E-state index contributed by atoms with van der Waals surface area (Å²) in [5.41, 5.74) is -0.586. The molecule has 4 aliphatic carbocycles. The number of phenolic OH excluding ortho intramolecular Hbond substituents is 1. The minimum absolute atomic E-state index is 0.0431. The Morgan fingerprint density at radius 2 is 1.83 bits per heavy atom. The Labute approximate surface area is 149 Å². The van der Waals surface area contributed by atoms with Gasteiger partial charge in [-0.25, -0.2) is 0 Å². The standard InChI is InChI=1S/C17H18Cl2N2O3/c18-9-4-11(13(22)12(19)5-9)14(23)21-17-6-16(7-17,8-17)15(24)20-10-2-1-3-10/h4-5,10,22H,1-3,6-8H2,(H,20,24)(H,21,23). The smallest absolute Gasteiger partial charge is 0.255 e. The van der Waals surface area contributed by atoms with Crippen molar-refractivity contribution in [3.63, 3.8) is 0 Å². The first-order chi connectivity index (χ1) is 11.3. The van der Waals surface area contributed by atoms with E-state index in [2.05, 4.69) is 10.6 Å². The summed E-state index contributed by atoms with van der Waals surface area (Å²) < 4.78 is 0. The van der Waals surface area contributed by atoms with Gasteiger partial charge in [0, 0.05) is 16.6 Å². The number of benzene rings is 1. The first-order valence-electron chi connectivity index (χ1n) is 8.14. The molecule has 2 amide bonds. The molecule has 7 heteroatoms. The monoisotopic (exact) mass is 368 g/mol. The van der Waals surface area contributed by atoms with Crippen molar-refractivity contribution in [1.29, 1.82) is 0 Å². The van der Waals surface area contributed by atoms with Crippen LogP contribution in [0.5, 0.6) is 5.75 Å². The third kappa shape index (κ3) is 2.37. The molecule has 0 heterocycles. The SMILES string of the molecule is O=C(NC12CC(C(=O)NC3CCC3)(C1)C2)c1cc(Cl)cc(Cl)c1O. The number of hydrogen-bond donors (Lipinski definition) is 3. The summed E-state index contributed by atoms with van der Waals surface area (Å²) in [5.74, 6) is -0.566. The van der Waals surface area contributed by atoms with E-state index in [0.717, 1.165) is 12.8 Å². The van der Waals surface area contributed by atoms with Crippen LogP contribution in [-0.2, 0) is 4.79 Å². The van der Waals surface area contributed by atoms with Gasteiger partial charge < -0.3 is 15.7 Å². The fourth-order valence-electron chi connectivity index (χ4n) is 4.10. The van der Waals surface area contributed by atoms with Gasteiger partial charge in [0.25, 0.3) is 5.91 Å². The van der Waals surface area contributed by atoms with Crippen LogP contribution in [0.3, 0.4) is 0 Å². The van der Waals surface area contributed by atoms with Gasteiger partial charge in [0.15, 0.2) is 0 Å². The number of carbonyl (C=O) groups excluding carboxylic acids is 2. The number of amides is 2. The van der Waals surface area contributed by atoms with Crippen LogP contribution in [0.25, 0.3) is 0 Å². The molecule has 0 radical (unpaired) electrons. The van der Waals surface area contributed by atoms with Gasteiger partial charge in [-0.15, -0.1) is 0 Å². The summed E-state index contributed by atoms with van der Waals surface area (Å²) in [6.45, 7) is 0. The van der Waals surface area contributed by atoms with E-state index in [1.165, 1.54) is 18.6 Å². The van der Waals surface area contributed by atoms with Crippen LogP contribution in [0.15, 0.2) is 12.1 Å². The molecular weight excluding hydrogens is 351 g/mol. The molecule has 0 unspecified atom stereocenters. The zero-order valence-electron chi connectivity index (χ0n) is 13.0. The Morgan fingerprint density at radius 3 is 2.42 bits per heavy atom. The summed E-state index contributed by atoms with van der Waals surface area (Å²) in [5, 5.41) is 16.3. The summed E-state index contributed by atoms with van der Waals surface area (Å²) in [6.07, 6.45) is 5.28. The zero-order chi connectivity index (χ0) is 17.1. The molecule has 128 valence electrons. The summed E-state index contributed by atoms with van der Waals surface area (Å²) in [6, 6.07) is 3.11. The van der Waals surface area contributed by atoms with E-state index >= 15 is 0 Å². The van der Waals surface area contributed by atoms with Gasteiger partial charge in [-0.1, -0.05) is 23.2 Å². The molecular formula is C17H18Cl2N2O3. The lowest BCUT2D eigenvalue weighted by Crippen LogP contribution is -2.78. The van der Waals surface area contributed by atoms with Gasteiger partial charge in [0.1, 0.15) is 5.75 Å². The van der Waals surface area contributed by atoms with Crippen molar-refractivity contribution in [3.8, 4) is 5.75 Å². The van der Waals surface area contributed by atoms with Gasteiger partial charge >= 0.3 is 0 Å². The second kappa shape index (κ2) is 5.27. The molecule has 24 heavy (non-hydrogen) atoms. The molecule has 2 bridgehead atoms. The molecule has 0 spiro atoms. The maximum Gasteiger partial charge on any atom is 0.255 e. The number of rotatable bonds is 4. The molecule has 5 rings (SSSR count). The lowest BCUT2D eigenvalue weighted by molar-refractivity contribution is -0.179. The second-order valence-electron chi connectivity index (χ2n) is 7.43. The third-order valence-corrected chi connectivity index (χ3v) is 6.11. The molecule has 4 saturated carbocycles. The summed E-state index contributed by atoms with van der Waals surface area (Å²) in [4.78, 5) is 24.8. The predicted molar refractivity (Wildman–Crippen MR) is 90.4 cm³/mol. The van der Waals surface area contributed by atoms with Crippen LogP contribution in [0.1, 0.15) is 48.9 Å². The van der Waals surface area contributed by atoms with E-state index in [4.69, 9.17) is 23.2 Å². The van der Waals surface area contributed by atoms with Crippen molar-refractivity contribution in [3.05, 3.63) is 27.7 Å². The Hall–Kier alpha value is -1.46. The van der Waals surface area contributed by atoms with Crippen LogP contribution in [0, 0.1) is 5.41 Å². The molecule has 1 aromatic rings.